The summed E-state index contributed by atoms with van der Waals surface area (Å²) in [4.78, 5) is 10.4. The molecule has 0 amide bonds. The van der Waals surface area contributed by atoms with Crippen LogP contribution < -0.4 is 0 Å². The van der Waals surface area contributed by atoms with Crippen molar-refractivity contribution in [2.45, 2.75) is 77.2 Å². The average molecular weight is 258 g/mol. The predicted octanol–water partition coefficient (Wildman–Crippen LogP) is 2.99. The minimum absolute atomic E-state index is 0.237. The first-order valence-corrected chi connectivity index (χ1v) is 9.54. The maximum atomic E-state index is 10.4. The molecule has 0 saturated carbocycles. The first kappa shape index (κ1) is 15.2. The molecule has 5 heteroatoms. The topological polar surface area (TPSA) is 38.7 Å². The molecule has 1 rings (SSSR count). The fourth-order valence-electron chi connectivity index (χ4n) is 2.07. The molecule has 0 aliphatic carbocycles. The summed E-state index contributed by atoms with van der Waals surface area (Å²) in [6, 6.07) is 0.938. The van der Waals surface area contributed by atoms with Crippen molar-refractivity contribution >= 4 is 15.4 Å². The highest BCUT2D eigenvalue weighted by molar-refractivity contribution is 6.81. The van der Waals surface area contributed by atoms with E-state index in [9.17, 15) is 4.80 Å². The average Bonchev–Trinajstić information content (AvgIpc) is 2.30. The Morgan fingerprint density at radius 2 is 1.59 bits per heavy atom. The van der Waals surface area contributed by atoms with Crippen molar-refractivity contribution in [2.24, 2.45) is 0 Å². The predicted molar refractivity (Wildman–Crippen MR) is 74.4 cm³/mol. The molecule has 1 unspecified atom stereocenters. The third-order valence-corrected chi connectivity index (χ3v) is 6.62. The second-order valence-corrected chi connectivity index (χ2v) is 10.4. The Bertz CT molecular complexity index is 250. The molecule has 1 aliphatic rings. The van der Waals surface area contributed by atoms with Crippen molar-refractivity contribution in [2.75, 3.05) is 0 Å². The lowest BCUT2D eigenvalue weighted by Crippen LogP contribution is -2.41. The van der Waals surface area contributed by atoms with Gasteiger partial charge in [-0.1, -0.05) is 19.8 Å². The van der Waals surface area contributed by atoms with Gasteiger partial charge in [0.05, 0.1) is 11.2 Å². The van der Waals surface area contributed by atoms with E-state index >= 15 is 0 Å². The zero-order valence-corrected chi connectivity index (χ0v) is 13.2. The SMILES string of the molecule is CCCC[Si](C)(O)CB1OC(C)(C)C(C)(C)O1. The van der Waals surface area contributed by atoms with Crippen LogP contribution in [-0.4, -0.2) is 31.4 Å². The van der Waals surface area contributed by atoms with E-state index in [0.717, 1.165) is 18.9 Å². The molecule has 0 aromatic rings. The van der Waals surface area contributed by atoms with Gasteiger partial charge in [-0.2, -0.15) is 0 Å². The molecule has 0 aromatic heterocycles. The van der Waals surface area contributed by atoms with Gasteiger partial charge in [0.25, 0.3) is 0 Å². The van der Waals surface area contributed by atoms with Crippen LogP contribution in [0.2, 0.25) is 18.5 Å². The van der Waals surface area contributed by atoms with Gasteiger partial charge in [-0.05, 0) is 40.3 Å². The zero-order chi connectivity index (χ0) is 13.3. The summed E-state index contributed by atoms with van der Waals surface area (Å²) in [6.07, 6.45) is 2.23. The largest absolute Gasteiger partial charge is 0.457 e. The summed E-state index contributed by atoms with van der Waals surface area (Å²) in [5.41, 5.74) is -0.570. The van der Waals surface area contributed by atoms with Gasteiger partial charge >= 0.3 is 7.12 Å². The highest BCUT2D eigenvalue weighted by atomic mass is 28.4. The van der Waals surface area contributed by atoms with Crippen LogP contribution in [0.1, 0.15) is 47.5 Å². The van der Waals surface area contributed by atoms with E-state index in [1.807, 2.05) is 6.55 Å². The summed E-state index contributed by atoms with van der Waals surface area (Å²) in [5, 5.41) is 0. The molecule has 1 heterocycles. The van der Waals surface area contributed by atoms with Crippen molar-refractivity contribution in [3.8, 4) is 0 Å². The summed E-state index contributed by atoms with van der Waals surface area (Å²) in [7, 11) is -2.40. The lowest BCUT2D eigenvalue weighted by atomic mass is 9.90. The van der Waals surface area contributed by atoms with E-state index in [2.05, 4.69) is 34.6 Å². The maximum Gasteiger partial charge on any atom is 0.457 e. The first-order valence-electron chi connectivity index (χ1n) is 6.68. The number of hydrogen-bond donors (Lipinski definition) is 1. The van der Waals surface area contributed by atoms with Crippen LogP contribution >= 0.6 is 0 Å². The van der Waals surface area contributed by atoms with E-state index < -0.39 is 8.32 Å². The van der Waals surface area contributed by atoms with E-state index in [4.69, 9.17) is 9.31 Å². The van der Waals surface area contributed by atoms with Crippen LogP contribution in [0.5, 0.6) is 0 Å². The lowest BCUT2D eigenvalue weighted by Gasteiger charge is -2.32. The molecule has 3 nitrogen and oxygen atoms in total. The van der Waals surface area contributed by atoms with E-state index in [-0.39, 0.29) is 18.3 Å². The second-order valence-electron chi connectivity index (χ2n) is 6.49. The molecule has 100 valence electrons. The fraction of sp³-hybridized carbons (Fsp3) is 1.00. The number of unbranched alkanes of at least 4 members (excludes halogenated alkanes) is 1. The molecule has 0 radical (unpaired) electrons. The summed E-state index contributed by atoms with van der Waals surface area (Å²) < 4.78 is 11.9. The van der Waals surface area contributed by atoms with E-state index in [0.29, 0.717) is 5.94 Å². The Balaban J connectivity index is 2.55. The van der Waals surface area contributed by atoms with Crippen LogP contribution in [-0.2, 0) is 9.31 Å². The molecule has 0 spiro atoms. The van der Waals surface area contributed by atoms with Crippen LogP contribution in [0, 0.1) is 0 Å². The molecular weight excluding hydrogens is 231 g/mol. The van der Waals surface area contributed by atoms with Gasteiger partial charge in [0, 0.05) is 5.94 Å². The van der Waals surface area contributed by atoms with Crippen molar-refractivity contribution in [3.63, 3.8) is 0 Å². The second kappa shape index (κ2) is 5.04. The fourth-order valence-corrected chi connectivity index (χ4v) is 4.27. The summed E-state index contributed by atoms with van der Waals surface area (Å²) in [6.45, 7) is 12.4. The van der Waals surface area contributed by atoms with E-state index in [1.165, 1.54) is 0 Å². The summed E-state index contributed by atoms with van der Waals surface area (Å²) >= 11 is 0. The van der Waals surface area contributed by atoms with Gasteiger partial charge in [-0.15, -0.1) is 0 Å². The first-order chi connectivity index (χ1) is 7.60. The normalized spacial score (nSPS) is 25.9. The minimum atomic E-state index is -2.16. The van der Waals surface area contributed by atoms with Crippen LogP contribution in [0.25, 0.3) is 0 Å². The Morgan fingerprint density at radius 3 is 2.00 bits per heavy atom. The molecule has 1 atom stereocenters. The standard InChI is InChI=1S/C12H27BO3Si/c1-7-8-9-17(6,14)10-13-15-11(2,3)12(4,5)16-13/h14H,7-10H2,1-6H3. The molecule has 0 aromatic carbocycles. The Hall–Kier alpha value is 0.162. The molecule has 0 bridgehead atoms. The molecule has 1 fully saturated rings. The smallest absolute Gasteiger partial charge is 0.432 e. The van der Waals surface area contributed by atoms with Crippen molar-refractivity contribution in [3.05, 3.63) is 0 Å². The molecule has 1 saturated heterocycles. The maximum absolute atomic E-state index is 10.4. The van der Waals surface area contributed by atoms with Gasteiger partial charge in [-0.3, -0.25) is 0 Å². The third kappa shape index (κ3) is 3.81. The van der Waals surface area contributed by atoms with Gasteiger partial charge in [0.2, 0.25) is 0 Å². The molecule has 17 heavy (non-hydrogen) atoms. The number of rotatable bonds is 5. The molecule has 1 aliphatic heterocycles. The minimum Gasteiger partial charge on any atom is -0.432 e. The van der Waals surface area contributed by atoms with Gasteiger partial charge in [-0.25, -0.2) is 0 Å². The highest BCUT2D eigenvalue weighted by Crippen LogP contribution is 2.38. The van der Waals surface area contributed by atoms with Crippen LogP contribution in [0.3, 0.4) is 0 Å². The zero-order valence-electron chi connectivity index (χ0n) is 12.2. The van der Waals surface area contributed by atoms with E-state index in [1.54, 1.807) is 0 Å². The molecular formula is C12H27BO3Si. The van der Waals surface area contributed by atoms with Crippen molar-refractivity contribution < 1.29 is 14.1 Å². The quantitative estimate of drug-likeness (QED) is 0.770. The van der Waals surface area contributed by atoms with Crippen LogP contribution in [0.4, 0.5) is 0 Å². The highest BCUT2D eigenvalue weighted by Gasteiger charge is 2.52. The van der Waals surface area contributed by atoms with Crippen molar-refractivity contribution in [1.82, 2.24) is 0 Å². The lowest BCUT2D eigenvalue weighted by molar-refractivity contribution is 0.00578. The third-order valence-electron chi connectivity index (χ3n) is 3.98. The van der Waals surface area contributed by atoms with Gasteiger partial charge in [0.1, 0.15) is 0 Å². The van der Waals surface area contributed by atoms with Crippen LogP contribution in [0.15, 0.2) is 0 Å². The monoisotopic (exact) mass is 258 g/mol. The molecule has 1 N–H and O–H groups in total. The Kier molecular flexibility index (Phi) is 4.51. The number of hydrogen-bond acceptors (Lipinski definition) is 3. The van der Waals surface area contributed by atoms with Crippen molar-refractivity contribution in [1.29, 1.82) is 0 Å². The Labute approximate surface area is 107 Å². The van der Waals surface area contributed by atoms with Gasteiger partial charge < -0.3 is 14.1 Å². The van der Waals surface area contributed by atoms with Gasteiger partial charge in [0.15, 0.2) is 8.32 Å². The summed E-state index contributed by atoms with van der Waals surface area (Å²) in [5.74, 6) is 0.680. The Morgan fingerprint density at radius 1 is 1.12 bits per heavy atom.